The highest BCUT2D eigenvalue weighted by atomic mass is 35.5. The Bertz CT molecular complexity index is 783. The fourth-order valence-corrected chi connectivity index (χ4v) is 4.34. The van der Waals surface area contributed by atoms with Crippen LogP contribution in [0, 0.1) is 5.92 Å². The number of piperidine rings is 1. The summed E-state index contributed by atoms with van der Waals surface area (Å²) in [6.07, 6.45) is 2.87. The summed E-state index contributed by atoms with van der Waals surface area (Å²) >= 11 is 6.28. The third kappa shape index (κ3) is 3.79. The van der Waals surface area contributed by atoms with Gasteiger partial charge in [0.25, 0.3) is 0 Å². The van der Waals surface area contributed by atoms with Crippen molar-refractivity contribution in [1.29, 1.82) is 0 Å². The van der Waals surface area contributed by atoms with E-state index in [0.717, 1.165) is 57.0 Å². The minimum absolute atomic E-state index is 0.169. The Morgan fingerprint density at radius 2 is 1.65 bits per heavy atom. The number of benzene rings is 2. The van der Waals surface area contributed by atoms with Crippen molar-refractivity contribution >= 4 is 17.5 Å². The maximum absolute atomic E-state index is 13.0. The van der Waals surface area contributed by atoms with Crippen molar-refractivity contribution in [3.8, 4) is 0 Å². The molecule has 0 radical (unpaired) electrons. The number of carbonyl (C=O) groups excluding carboxylic acids is 1. The molecule has 136 valence electrons. The van der Waals surface area contributed by atoms with E-state index in [1.54, 1.807) is 0 Å². The molecule has 0 aromatic heterocycles. The van der Waals surface area contributed by atoms with Crippen molar-refractivity contribution in [2.75, 3.05) is 19.6 Å². The van der Waals surface area contributed by atoms with Gasteiger partial charge in [0.15, 0.2) is 0 Å². The Labute approximate surface area is 160 Å². The molecule has 0 bridgehead atoms. The molecule has 0 N–H and O–H groups in total. The van der Waals surface area contributed by atoms with Gasteiger partial charge in [-0.15, -0.1) is 0 Å². The van der Waals surface area contributed by atoms with Crippen LogP contribution in [0.15, 0.2) is 48.5 Å². The molecule has 2 heterocycles. The van der Waals surface area contributed by atoms with Gasteiger partial charge in [0.2, 0.25) is 5.91 Å². The Balaban J connectivity index is 1.32. The lowest BCUT2D eigenvalue weighted by molar-refractivity contribution is -0.138. The van der Waals surface area contributed by atoms with E-state index in [9.17, 15) is 4.79 Å². The predicted octanol–water partition coefficient (Wildman–Crippen LogP) is 4.14. The molecule has 0 saturated carbocycles. The van der Waals surface area contributed by atoms with Gasteiger partial charge in [-0.3, -0.25) is 9.69 Å². The van der Waals surface area contributed by atoms with E-state index in [2.05, 4.69) is 40.1 Å². The number of halogens is 1. The summed E-state index contributed by atoms with van der Waals surface area (Å²) in [5, 5.41) is 0.831. The molecule has 4 heteroatoms. The van der Waals surface area contributed by atoms with Crippen molar-refractivity contribution < 1.29 is 4.79 Å². The molecule has 2 aromatic rings. The van der Waals surface area contributed by atoms with Gasteiger partial charge in [0.05, 0.1) is 0 Å². The number of rotatable bonds is 3. The molecular weight excluding hydrogens is 344 g/mol. The van der Waals surface area contributed by atoms with Gasteiger partial charge in [0.1, 0.15) is 0 Å². The van der Waals surface area contributed by atoms with Crippen molar-refractivity contribution in [3.63, 3.8) is 0 Å². The largest absolute Gasteiger partial charge is 0.338 e. The average Bonchev–Trinajstić information content (AvgIpc) is 2.69. The van der Waals surface area contributed by atoms with Crippen LogP contribution in [0.3, 0.4) is 0 Å². The lowest BCUT2D eigenvalue weighted by Crippen LogP contribution is -2.44. The Morgan fingerprint density at radius 3 is 2.42 bits per heavy atom. The molecule has 2 aliphatic rings. The van der Waals surface area contributed by atoms with E-state index in [4.69, 9.17) is 11.6 Å². The third-order valence-electron chi connectivity index (χ3n) is 5.73. The summed E-state index contributed by atoms with van der Waals surface area (Å²) in [4.78, 5) is 17.4. The first-order chi connectivity index (χ1) is 12.7. The number of hydrogen-bond acceptors (Lipinski definition) is 2. The maximum Gasteiger partial charge on any atom is 0.226 e. The second kappa shape index (κ2) is 7.81. The van der Waals surface area contributed by atoms with Gasteiger partial charge in [-0.2, -0.15) is 0 Å². The van der Waals surface area contributed by atoms with E-state index in [0.29, 0.717) is 5.91 Å². The molecule has 1 amide bonds. The first kappa shape index (κ1) is 17.6. The number of fused-ring (bicyclic) bond motifs is 1. The van der Waals surface area contributed by atoms with E-state index in [1.807, 2.05) is 18.2 Å². The van der Waals surface area contributed by atoms with Crippen LogP contribution in [0.5, 0.6) is 0 Å². The quantitative estimate of drug-likeness (QED) is 0.813. The SMILES string of the molecule is O=C(C1CCN(Cc2ccccc2Cl)CC1)N1CCc2ccccc2C1. The minimum atomic E-state index is 0.169. The van der Waals surface area contributed by atoms with Crippen molar-refractivity contribution in [2.45, 2.75) is 32.4 Å². The fraction of sp³-hybridized carbons (Fsp3) is 0.409. The number of carbonyl (C=O) groups is 1. The van der Waals surface area contributed by atoms with Gasteiger partial charge < -0.3 is 4.90 Å². The van der Waals surface area contributed by atoms with Crippen LogP contribution in [0.1, 0.15) is 29.5 Å². The van der Waals surface area contributed by atoms with E-state index >= 15 is 0 Å². The Kier molecular flexibility index (Phi) is 5.28. The van der Waals surface area contributed by atoms with Gasteiger partial charge in [-0.25, -0.2) is 0 Å². The van der Waals surface area contributed by atoms with Gasteiger partial charge in [0, 0.05) is 30.6 Å². The molecule has 0 atom stereocenters. The molecule has 1 fully saturated rings. The standard InChI is InChI=1S/C22H25ClN2O/c23-21-8-4-3-7-20(21)15-24-12-9-18(10-13-24)22(26)25-14-11-17-5-1-2-6-19(17)16-25/h1-8,18H,9-16H2. The minimum Gasteiger partial charge on any atom is -0.338 e. The molecular formula is C22H25ClN2O. The van der Waals surface area contributed by atoms with E-state index < -0.39 is 0 Å². The monoisotopic (exact) mass is 368 g/mol. The van der Waals surface area contributed by atoms with Crippen LogP contribution in [-0.4, -0.2) is 35.3 Å². The fourth-order valence-electron chi connectivity index (χ4n) is 4.15. The summed E-state index contributed by atoms with van der Waals surface area (Å²) in [6.45, 7) is 4.43. The summed E-state index contributed by atoms with van der Waals surface area (Å²) in [5.74, 6) is 0.514. The number of likely N-dealkylation sites (tertiary alicyclic amines) is 1. The van der Waals surface area contributed by atoms with Crippen molar-refractivity contribution in [2.24, 2.45) is 5.92 Å². The molecule has 0 spiro atoms. The Morgan fingerprint density at radius 1 is 0.962 bits per heavy atom. The van der Waals surface area contributed by atoms with Gasteiger partial charge >= 0.3 is 0 Å². The second-order valence-corrected chi connectivity index (χ2v) is 7.83. The zero-order valence-electron chi connectivity index (χ0n) is 15.0. The normalized spacial score (nSPS) is 18.6. The molecule has 26 heavy (non-hydrogen) atoms. The summed E-state index contributed by atoms with van der Waals surface area (Å²) in [7, 11) is 0. The van der Waals surface area contributed by atoms with Gasteiger partial charge in [-0.1, -0.05) is 54.1 Å². The number of amides is 1. The predicted molar refractivity (Wildman–Crippen MR) is 105 cm³/mol. The van der Waals surface area contributed by atoms with Crippen LogP contribution in [0.25, 0.3) is 0 Å². The zero-order valence-corrected chi connectivity index (χ0v) is 15.8. The topological polar surface area (TPSA) is 23.6 Å². The molecule has 2 aliphatic heterocycles. The summed E-state index contributed by atoms with van der Waals surface area (Å²) < 4.78 is 0. The van der Waals surface area contributed by atoms with Crippen LogP contribution in [-0.2, 0) is 24.3 Å². The van der Waals surface area contributed by atoms with Crippen LogP contribution >= 0.6 is 11.6 Å². The molecule has 0 unspecified atom stereocenters. The van der Waals surface area contributed by atoms with Crippen LogP contribution in [0.2, 0.25) is 5.02 Å². The number of nitrogens with zero attached hydrogens (tertiary/aromatic N) is 2. The van der Waals surface area contributed by atoms with E-state index in [-0.39, 0.29) is 5.92 Å². The lowest BCUT2D eigenvalue weighted by atomic mass is 9.93. The highest BCUT2D eigenvalue weighted by Gasteiger charge is 2.30. The average molecular weight is 369 g/mol. The maximum atomic E-state index is 13.0. The molecule has 1 saturated heterocycles. The molecule has 3 nitrogen and oxygen atoms in total. The summed E-state index contributed by atoms with van der Waals surface area (Å²) in [6, 6.07) is 16.5. The van der Waals surface area contributed by atoms with Gasteiger partial charge in [-0.05, 0) is 55.1 Å². The third-order valence-corrected chi connectivity index (χ3v) is 6.10. The summed E-state index contributed by atoms with van der Waals surface area (Å²) in [5.41, 5.74) is 3.88. The van der Waals surface area contributed by atoms with Crippen molar-refractivity contribution in [3.05, 3.63) is 70.2 Å². The molecule has 4 rings (SSSR count). The molecule has 0 aliphatic carbocycles. The highest BCUT2D eigenvalue weighted by Crippen LogP contribution is 2.26. The first-order valence-corrected chi connectivity index (χ1v) is 9.90. The van der Waals surface area contributed by atoms with E-state index in [1.165, 1.54) is 16.7 Å². The van der Waals surface area contributed by atoms with Crippen LogP contribution < -0.4 is 0 Å². The van der Waals surface area contributed by atoms with Crippen LogP contribution in [0.4, 0.5) is 0 Å². The first-order valence-electron chi connectivity index (χ1n) is 9.52. The second-order valence-electron chi connectivity index (χ2n) is 7.42. The highest BCUT2D eigenvalue weighted by molar-refractivity contribution is 6.31. The smallest absolute Gasteiger partial charge is 0.226 e. The number of hydrogen-bond donors (Lipinski definition) is 0. The Hall–Kier alpha value is -1.84. The van der Waals surface area contributed by atoms with Crippen molar-refractivity contribution in [1.82, 2.24) is 9.80 Å². The zero-order chi connectivity index (χ0) is 17.9. The molecule has 2 aromatic carbocycles. The lowest BCUT2D eigenvalue weighted by Gasteiger charge is -2.36.